The lowest BCUT2D eigenvalue weighted by molar-refractivity contribution is 0.261. The van der Waals surface area contributed by atoms with Crippen LogP contribution in [0.3, 0.4) is 0 Å². The minimum Gasteiger partial charge on any atom is -0.496 e. The summed E-state index contributed by atoms with van der Waals surface area (Å²) in [5.74, 6) is 2.76. The standard InChI is InChI=1S/C18H18N2O4/c1-12-4-6-13(7-5-12)18-20-19-17(24-18)11-23-16-9-14(21-2)8-15(10-16)22-3/h4-10H,11H2,1-3H3. The van der Waals surface area contributed by atoms with Gasteiger partial charge in [0.15, 0.2) is 6.61 Å². The highest BCUT2D eigenvalue weighted by Gasteiger charge is 2.10. The third kappa shape index (κ3) is 3.65. The SMILES string of the molecule is COc1cc(OC)cc(OCc2nnc(-c3ccc(C)cc3)o2)c1. The summed E-state index contributed by atoms with van der Waals surface area (Å²) in [6.45, 7) is 2.19. The molecule has 6 heteroatoms. The fourth-order valence-electron chi connectivity index (χ4n) is 2.13. The van der Waals surface area contributed by atoms with E-state index in [1.807, 2.05) is 31.2 Å². The van der Waals surface area contributed by atoms with Gasteiger partial charge in [-0.25, -0.2) is 0 Å². The molecule has 0 unspecified atom stereocenters. The molecule has 0 N–H and O–H groups in total. The molecule has 0 radical (unpaired) electrons. The Morgan fingerprint density at radius 1 is 0.875 bits per heavy atom. The van der Waals surface area contributed by atoms with Crippen LogP contribution < -0.4 is 14.2 Å². The fraction of sp³-hybridized carbons (Fsp3) is 0.222. The zero-order valence-electron chi connectivity index (χ0n) is 13.8. The Labute approximate surface area is 140 Å². The van der Waals surface area contributed by atoms with E-state index in [0.29, 0.717) is 29.0 Å². The van der Waals surface area contributed by atoms with Crippen LogP contribution in [0.25, 0.3) is 11.5 Å². The van der Waals surface area contributed by atoms with Crippen LogP contribution in [0, 0.1) is 6.92 Å². The van der Waals surface area contributed by atoms with E-state index < -0.39 is 0 Å². The number of nitrogens with zero attached hydrogens (tertiary/aromatic N) is 2. The van der Waals surface area contributed by atoms with Crippen LogP contribution in [0.4, 0.5) is 0 Å². The Hall–Kier alpha value is -3.02. The summed E-state index contributed by atoms with van der Waals surface area (Å²) in [5, 5.41) is 8.06. The van der Waals surface area contributed by atoms with Gasteiger partial charge in [-0.3, -0.25) is 0 Å². The van der Waals surface area contributed by atoms with E-state index in [-0.39, 0.29) is 6.61 Å². The highest BCUT2D eigenvalue weighted by Crippen LogP contribution is 2.28. The highest BCUT2D eigenvalue weighted by atomic mass is 16.5. The zero-order chi connectivity index (χ0) is 16.9. The van der Waals surface area contributed by atoms with Gasteiger partial charge in [0.2, 0.25) is 5.89 Å². The summed E-state index contributed by atoms with van der Waals surface area (Å²) < 4.78 is 21.7. The largest absolute Gasteiger partial charge is 0.496 e. The number of hydrogen-bond acceptors (Lipinski definition) is 6. The Balaban J connectivity index is 1.70. The van der Waals surface area contributed by atoms with Crippen molar-refractivity contribution in [3.05, 3.63) is 53.9 Å². The van der Waals surface area contributed by atoms with Crippen molar-refractivity contribution >= 4 is 0 Å². The first-order chi connectivity index (χ1) is 11.7. The number of aryl methyl sites for hydroxylation is 1. The third-order valence-electron chi connectivity index (χ3n) is 3.45. The molecule has 0 aliphatic heterocycles. The average molecular weight is 326 g/mol. The van der Waals surface area contributed by atoms with Crippen LogP contribution in [0.1, 0.15) is 11.5 Å². The van der Waals surface area contributed by atoms with Gasteiger partial charge in [-0.1, -0.05) is 17.7 Å². The molecule has 24 heavy (non-hydrogen) atoms. The summed E-state index contributed by atoms with van der Waals surface area (Å²) in [6, 6.07) is 13.2. The maximum atomic E-state index is 5.69. The number of hydrogen-bond donors (Lipinski definition) is 0. The number of ether oxygens (including phenoxy) is 3. The predicted octanol–water partition coefficient (Wildman–Crippen LogP) is 3.64. The van der Waals surface area contributed by atoms with Crippen molar-refractivity contribution in [1.82, 2.24) is 10.2 Å². The molecule has 0 amide bonds. The lowest BCUT2D eigenvalue weighted by atomic mass is 10.1. The minimum absolute atomic E-state index is 0.162. The molecule has 1 aromatic heterocycles. The fourth-order valence-corrected chi connectivity index (χ4v) is 2.13. The molecule has 0 spiro atoms. The molecule has 0 aliphatic carbocycles. The summed E-state index contributed by atoms with van der Waals surface area (Å²) in [6.07, 6.45) is 0. The van der Waals surface area contributed by atoms with E-state index >= 15 is 0 Å². The van der Waals surface area contributed by atoms with Crippen LogP contribution in [-0.4, -0.2) is 24.4 Å². The topological polar surface area (TPSA) is 66.6 Å². The molecule has 3 aromatic rings. The predicted molar refractivity (Wildman–Crippen MR) is 88.3 cm³/mol. The summed E-state index contributed by atoms with van der Waals surface area (Å²) >= 11 is 0. The van der Waals surface area contributed by atoms with Gasteiger partial charge < -0.3 is 18.6 Å². The summed E-state index contributed by atoms with van der Waals surface area (Å²) in [7, 11) is 3.18. The van der Waals surface area contributed by atoms with Gasteiger partial charge in [0, 0.05) is 23.8 Å². The molecule has 0 saturated carbocycles. The maximum absolute atomic E-state index is 5.69. The molecule has 2 aromatic carbocycles. The van der Waals surface area contributed by atoms with E-state index in [2.05, 4.69) is 10.2 Å². The Bertz CT molecular complexity index is 790. The number of methoxy groups -OCH3 is 2. The second kappa shape index (κ2) is 7.04. The van der Waals surface area contributed by atoms with Crippen LogP contribution in [-0.2, 0) is 6.61 Å². The smallest absolute Gasteiger partial charge is 0.254 e. The lowest BCUT2D eigenvalue weighted by Gasteiger charge is -2.08. The van der Waals surface area contributed by atoms with Crippen molar-refractivity contribution < 1.29 is 18.6 Å². The van der Waals surface area contributed by atoms with Crippen molar-refractivity contribution in [3.63, 3.8) is 0 Å². The highest BCUT2D eigenvalue weighted by molar-refractivity contribution is 5.52. The van der Waals surface area contributed by atoms with Crippen LogP contribution in [0.2, 0.25) is 0 Å². The Morgan fingerprint density at radius 2 is 1.50 bits per heavy atom. The summed E-state index contributed by atoms with van der Waals surface area (Å²) in [4.78, 5) is 0. The molecule has 0 saturated heterocycles. The zero-order valence-corrected chi connectivity index (χ0v) is 13.8. The first kappa shape index (κ1) is 15.9. The molecule has 0 aliphatic rings. The second-order valence-corrected chi connectivity index (χ2v) is 5.20. The third-order valence-corrected chi connectivity index (χ3v) is 3.45. The van der Waals surface area contributed by atoms with Gasteiger partial charge in [-0.2, -0.15) is 0 Å². The van der Waals surface area contributed by atoms with Crippen molar-refractivity contribution in [3.8, 4) is 28.7 Å². The molecular formula is C18H18N2O4. The Morgan fingerprint density at radius 3 is 2.12 bits per heavy atom. The van der Waals surface area contributed by atoms with Crippen molar-refractivity contribution in [2.45, 2.75) is 13.5 Å². The number of aromatic nitrogens is 2. The average Bonchev–Trinajstić information content (AvgIpc) is 3.09. The summed E-state index contributed by atoms with van der Waals surface area (Å²) in [5.41, 5.74) is 2.05. The van der Waals surface area contributed by atoms with E-state index in [4.69, 9.17) is 18.6 Å². The molecule has 3 rings (SSSR count). The first-order valence-corrected chi connectivity index (χ1v) is 7.43. The van der Waals surface area contributed by atoms with Gasteiger partial charge in [0.25, 0.3) is 5.89 Å². The molecule has 0 bridgehead atoms. The van der Waals surface area contributed by atoms with E-state index in [1.165, 1.54) is 5.56 Å². The van der Waals surface area contributed by atoms with Gasteiger partial charge in [0.1, 0.15) is 17.2 Å². The van der Waals surface area contributed by atoms with E-state index in [1.54, 1.807) is 32.4 Å². The van der Waals surface area contributed by atoms with Crippen molar-refractivity contribution in [1.29, 1.82) is 0 Å². The second-order valence-electron chi connectivity index (χ2n) is 5.20. The molecule has 6 nitrogen and oxygen atoms in total. The van der Waals surface area contributed by atoms with Crippen LogP contribution in [0.15, 0.2) is 46.9 Å². The van der Waals surface area contributed by atoms with Crippen LogP contribution in [0.5, 0.6) is 17.2 Å². The van der Waals surface area contributed by atoms with Gasteiger partial charge in [-0.15, -0.1) is 10.2 Å². The molecule has 124 valence electrons. The Kier molecular flexibility index (Phi) is 4.65. The minimum atomic E-state index is 0.162. The molecule has 0 fully saturated rings. The maximum Gasteiger partial charge on any atom is 0.254 e. The monoisotopic (exact) mass is 326 g/mol. The van der Waals surface area contributed by atoms with Crippen LogP contribution >= 0.6 is 0 Å². The van der Waals surface area contributed by atoms with Gasteiger partial charge in [-0.05, 0) is 19.1 Å². The lowest BCUT2D eigenvalue weighted by Crippen LogP contribution is -1.97. The normalized spacial score (nSPS) is 10.5. The number of rotatable bonds is 6. The molecular weight excluding hydrogens is 308 g/mol. The first-order valence-electron chi connectivity index (χ1n) is 7.43. The van der Waals surface area contributed by atoms with Gasteiger partial charge in [0.05, 0.1) is 14.2 Å². The van der Waals surface area contributed by atoms with E-state index in [0.717, 1.165) is 5.56 Å². The van der Waals surface area contributed by atoms with Crippen molar-refractivity contribution in [2.75, 3.05) is 14.2 Å². The quantitative estimate of drug-likeness (QED) is 0.689. The number of benzene rings is 2. The van der Waals surface area contributed by atoms with Crippen molar-refractivity contribution in [2.24, 2.45) is 0 Å². The van der Waals surface area contributed by atoms with E-state index in [9.17, 15) is 0 Å². The van der Waals surface area contributed by atoms with Gasteiger partial charge >= 0.3 is 0 Å². The molecule has 1 heterocycles. The molecule has 0 atom stereocenters.